The second kappa shape index (κ2) is 4.67. The predicted molar refractivity (Wildman–Crippen MR) is 81.6 cm³/mol. The van der Waals surface area contributed by atoms with E-state index >= 15 is 0 Å². The fraction of sp³-hybridized carbons (Fsp3) is 0.600. The van der Waals surface area contributed by atoms with Gasteiger partial charge in [0.25, 0.3) is 0 Å². The fourth-order valence-corrected chi connectivity index (χ4v) is 4.76. The van der Waals surface area contributed by atoms with Crippen LogP contribution in [0.2, 0.25) is 0 Å². The van der Waals surface area contributed by atoms with Crippen LogP contribution in [0.3, 0.4) is 0 Å². The van der Waals surface area contributed by atoms with Gasteiger partial charge < -0.3 is 10.0 Å². The Morgan fingerprint density at radius 2 is 2.15 bits per heavy atom. The summed E-state index contributed by atoms with van der Waals surface area (Å²) in [5, 5.41) is 11.2. The van der Waals surface area contributed by atoms with Gasteiger partial charge in [-0.3, -0.25) is 0 Å². The maximum Gasteiger partial charge on any atom is 0.141 e. The van der Waals surface area contributed by atoms with Crippen LogP contribution in [0.1, 0.15) is 35.5 Å². The lowest BCUT2D eigenvalue weighted by Crippen LogP contribution is -2.39. The van der Waals surface area contributed by atoms with Crippen LogP contribution < -0.4 is 4.90 Å². The van der Waals surface area contributed by atoms with E-state index < -0.39 is 0 Å². The molecule has 5 heteroatoms. The number of β-amino-alcohol motifs (C(OH)–C–C–N with tert-alkyl or cyclic N) is 1. The highest BCUT2D eigenvalue weighted by atomic mass is 32.1. The van der Waals surface area contributed by atoms with E-state index in [1.54, 1.807) is 0 Å². The lowest BCUT2D eigenvalue weighted by Gasteiger charge is -2.31. The highest BCUT2D eigenvalue weighted by molar-refractivity contribution is 7.19. The molecule has 4 nitrogen and oxygen atoms in total. The first-order valence-electron chi connectivity index (χ1n) is 7.44. The number of hydrogen-bond acceptors (Lipinski definition) is 5. The summed E-state index contributed by atoms with van der Waals surface area (Å²) >= 11 is 1.84. The van der Waals surface area contributed by atoms with Crippen molar-refractivity contribution in [2.75, 3.05) is 18.0 Å². The van der Waals surface area contributed by atoms with Crippen molar-refractivity contribution < 1.29 is 5.11 Å². The lowest BCUT2D eigenvalue weighted by atomic mass is 10.1. The van der Waals surface area contributed by atoms with Crippen molar-refractivity contribution in [3.05, 3.63) is 16.3 Å². The van der Waals surface area contributed by atoms with Crippen molar-refractivity contribution in [1.82, 2.24) is 9.97 Å². The summed E-state index contributed by atoms with van der Waals surface area (Å²) in [7, 11) is 0. The Morgan fingerprint density at radius 1 is 1.25 bits per heavy atom. The maximum atomic E-state index is 9.94. The molecule has 106 valence electrons. The van der Waals surface area contributed by atoms with Gasteiger partial charge in [-0.25, -0.2) is 9.97 Å². The van der Waals surface area contributed by atoms with Crippen molar-refractivity contribution in [2.45, 2.75) is 45.1 Å². The number of fused-ring (bicyclic) bond motifs is 3. The molecule has 1 aliphatic carbocycles. The Hall–Kier alpha value is -1.20. The molecule has 1 atom stereocenters. The van der Waals surface area contributed by atoms with E-state index in [-0.39, 0.29) is 6.10 Å². The van der Waals surface area contributed by atoms with Gasteiger partial charge in [0.15, 0.2) is 0 Å². The summed E-state index contributed by atoms with van der Waals surface area (Å²) in [6.07, 6.45) is 5.33. The molecule has 1 fully saturated rings. The van der Waals surface area contributed by atoms with Gasteiger partial charge in [-0.2, -0.15) is 0 Å². The largest absolute Gasteiger partial charge is 0.391 e. The van der Waals surface area contributed by atoms with Crippen LogP contribution in [0.15, 0.2) is 0 Å². The molecule has 20 heavy (non-hydrogen) atoms. The molecule has 1 unspecified atom stereocenters. The molecule has 0 saturated carbocycles. The quantitative estimate of drug-likeness (QED) is 0.876. The minimum atomic E-state index is -0.222. The monoisotopic (exact) mass is 289 g/mol. The van der Waals surface area contributed by atoms with Crippen molar-refractivity contribution in [1.29, 1.82) is 0 Å². The predicted octanol–water partition coefficient (Wildman–Crippen LogP) is 2.45. The van der Waals surface area contributed by atoms with Gasteiger partial charge in [0.05, 0.1) is 11.5 Å². The molecule has 4 rings (SSSR count). The third-order valence-electron chi connectivity index (χ3n) is 4.35. The maximum absolute atomic E-state index is 9.94. The number of aliphatic hydroxyl groups is 1. The number of aryl methyl sites for hydroxylation is 3. The fourth-order valence-electron chi connectivity index (χ4n) is 3.46. The topological polar surface area (TPSA) is 49.2 Å². The Labute approximate surface area is 122 Å². The van der Waals surface area contributed by atoms with Crippen LogP contribution in [0.5, 0.6) is 0 Å². The normalized spacial score (nSPS) is 22.5. The van der Waals surface area contributed by atoms with E-state index in [1.165, 1.54) is 28.7 Å². The molecule has 1 aliphatic heterocycles. The molecular weight excluding hydrogens is 270 g/mol. The second-order valence-electron chi connectivity index (χ2n) is 5.87. The van der Waals surface area contributed by atoms with E-state index in [0.29, 0.717) is 6.54 Å². The zero-order chi connectivity index (χ0) is 13.7. The molecule has 1 saturated heterocycles. The molecule has 0 amide bonds. The second-order valence-corrected chi connectivity index (χ2v) is 6.96. The molecule has 0 bridgehead atoms. The standard InChI is InChI=1S/C15H19N3OS/c1-9-16-14(18-7-3-4-10(19)8-18)13-11-5-2-6-12(11)20-15(13)17-9/h10,19H,2-8H2,1H3. The molecule has 3 heterocycles. The van der Waals surface area contributed by atoms with Gasteiger partial charge in [0.1, 0.15) is 16.5 Å². The summed E-state index contributed by atoms with van der Waals surface area (Å²) in [4.78, 5) is 14.2. The van der Waals surface area contributed by atoms with Crippen LogP contribution in [-0.4, -0.2) is 34.3 Å². The van der Waals surface area contributed by atoms with Crippen molar-refractivity contribution in [2.24, 2.45) is 0 Å². The molecular formula is C15H19N3OS. The van der Waals surface area contributed by atoms with E-state index in [9.17, 15) is 5.11 Å². The number of aromatic nitrogens is 2. The molecule has 0 aromatic carbocycles. The Balaban J connectivity index is 1.88. The average Bonchev–Trinajstić information content (AvgIpc) is 2.97. The zero-order valence-electron chi connectivity index (χ0n) is 11.7. The summed E-state index contributed by atoms with van der Waals surface area (Å²) in [6.45, 7) is 3.66. The van der Waals surface area contributed by atoms with Crippen molar-refractivity contribution in [3.8, 4) is 0 Å². The molecule has 2 aliphatic rings. The Bertz CT molecular complexity index is 667. The van der Waals surface area contributed by atoms with Crippen LogP contribution in [-0.2, 0) is 12.8 Å². The van der Waals surface area contributed by atoms with Crippen molar-refractivity contribution >= 4 is 27.4 Å². The first-order chi connectivity index (χ1) is 9.72. The van der Waals surface area contributed by atoms with E-state index in [2.05, 4.69) is 9.88 Å². The molecule has 2 aromatic rings. The minimum Gasteiger partial charge on any atom is -0.391 e. The van der Waals surface area contributed by atoms with E-state index in [0.717, 1.165) is 42.3 Å². The van der Waals surface area contributed by atoms with E-state index in [1.807, 2.05) is 18.3 Å². The van der Waals surface area contributed by atoms with Crippen LogP contribution in [0, 0.1) is 6.92 Å². The van der Waals surface area contributed by atoms with E-state index in [4.69, 9.17) is 4.98 Å². The number of rotatable bonds is 1. The summed E-state index contributed by atoms with van der Waals surface area (Å²) < 4.78 is 0. The molecule has 1 N–H and O–H groups in total. The SMILES string of the molecule is Cc1nc(N2CCCC(O)C2)c2c3c(sc2n1)CCC3. The van der Waals surface area contributed by atoms with Gasteiger partial charge in [-0.1, -0.05) is 0 Å². The third kappa shape index (κ3) is 1.91. The van der Waals surface area contributed by atoms with Gasteiger partial charge in [-0.15, -0.1) is 11.3 Å². The summed E-state index contributed by atoms with van der Waals surface area (Å²) in [5.74, 6) is 1.90. The third-order valence-corrected chi connectivity index (χ3v) is 5.54. The zero-order valence-corrected chi connectivity index (χ0v) is 12.5. The van der Waals surface area contributed by atoms with Gasteiger partial charge >= 0.3 is 0 Å². The van der Waals surface area contributed by atoms with Crippen LogP contribution in [0.25, 0.3) is 10.2 Å². The number of piperidine rings is 1. The molecule has 0 spiro atoms. The van der Waals surface area contributed by atoms with Gasteiger partial charge in [0.2, 0.25) is 0 Å². The average molecular weight is 289 g/mol. The summed E-state index contributed by atoms with van der Waals surface area (Å²) in [5.41, 5.74) is 1.47. The first kappa shape index (κ1) is 12.5. The van der Waals surface area contributed by atoms with Crippen LogP contribution in [0.4, 0.5) is 5.82 Å². The Kier molecular flexibility index (Phi) is 2.93. The number of hydrogen-bond donors (Lipinski definition) is 1. The highest BCUT2D eigenvalue weighted by Gasteiger charge is 2.26. The summed E-state index contributed by atoms with van der Waals surface area (Å²) in [6, 6.07) is 0. The van der Waals surface area contributed by atoms with Crippen molar-refractivity contribution in [3.63, 3.8) is 0 Å². The number of aliphatic hydroxyl groups excluding tert-OH is 1. The minimum absolute atomic E-state index is 0.222. The lowest BCUT2D eigenvalue weighted by molar-refractivity contribution is 0.154. The number of nitrogens with zero attached hydrogens (tertiary/aromatic N) is 3. The number of anilines is 1. The Morgan fingerprint density at radius 3 is 3.00 bits per heavy atom. The first-order valence-corrected chi connectivity index (χ1v) is 8.26. The van der Waals surface area contributed by atoms with Gasteiger partial charge in [0, 0.05) is 18.0 Å². The highest BCUT2D eigenvalue weighted by Crippen LogP contribution is 2.40. The van der Waals surface area contributed by atoms with Gasteiger partial charge in [-0.05, 0) is 44.6 Å². The smallest absolute Gasteiger partial charge is 0.141 e. The van der Waals surface area contributed by atoms with Crippen LogP contribution >= 0.6 is 11.3 Å². The molecule has 0 radical (unpaired) electrons. The number of thiophene rings is 1. The molecule has 2 aromatic heterocycles.